The van der Waals surface area contributed by atoms with Crippen molar-refractivity contribution >= 4 is 43.2 Å². The first kappa shape index (κ1) is 24.7. The van der Waals surface area contributed by atoms with Crippen LogP contribution in [0.25, 0.3) is 0 Å². The molecule has 3 N–H and O–H groups in total. The zero-order valence-corrected chi connectivity index (χ0v) is 22.5. The van der Waals surface area contributed by atoms with Crippen LogP contribution in [0, 0.1) is 23.7 Å². The van der Waals surface area contributed by atoms with Crippen LogP contribution in [0.1, 0.15) is 52.4 Å². The summed E-state index contributed by atoms with van der Waals surface area (Å²) in [6.45, 7) is 4.73. The molecule has 10 nitrogen and oxygen atoms in total. The standard InChI is InChI=1S/C25H32N4O6S2/c1-13(2)9-10-29-22-15-4-3-14(11-15)20(22)23(30)21(25(29)31)24-26-18-8-5-16(12-19(18)37(34,35)28-24)27-36(32,33)17-6-7-17/h5,8,12-15,17,20,22,27,30H,3-4,6-7,9-11H2,1-2H3,(H,26,28)/t14-,15+,20+,22?/m0/s1. The number of carbonyl (C=O) groups is 1. The molecule has 0 radical (unpaired) electrons. The van der Waals surface area contributed by atoms with Gasteiger partial charge in [-0.25, -0.2) is 8.42 Å². The van der Waals surface area contributed by atoms with E-state index in [0.717, 1.165) is 25.7 Å². The van der Waals surface area contributed by atoms with Gasteiger partial charge in [-0.2, -0.15) is 8.42 Å². The summed E-state index contributed by atoms with van der Waals surface area (Å²) in [5.74, 6) is 0.126. The third-order valence-electron chi connectivity index (χ3n) is 8.41. The number of hydrogen-bond acceptors (Lipinski definition) is 7. The van der Waals surface area contributed by atoms with Crippen molar-refractivity contribution in [3.8, 4) is 0 Å². The summed E-state index contributed by atoms with van der Waals surface area (Å²) < 4.78 is 57.4. The number of hydrogen-bond donors (Lipinski definition) is 3. The van der Waals surface area contributed by atoms with E-state index in [1.807, 2.05) is 4.90 Å². The van der Waals surface area contributed by atoms with Crippen LogP contribution in [0.5, 0.6) is 0 Å². The Kier molecular flexibility index (Phi) is 5.65. The summed E-state index contributed by atoms with van der Waals surface area (Å²) in [5.41, 5.74) is 0.233. The molecule has 5 aliphatic rings. The minimum Gasteiger partial charge on any atom is -0.511 e. The molecule has 12 heteroatoms. The van der Waals surface area contributed by atoms with Crippen molar-refractivity contribution in [2.45, 2.75) is 68.6 Å². The fourth-order valence-electron chi connectivity index (χ4n) is 6.48. The van der Waals surface area contributed by atoms with Gasteiger partial charge in [0.05, 0.1) is 10.9 Å². The fraction of sp³-hybridized carbons (Fsp3) is 0.600. The highest BCUT2D eigenvalue weighted by Crippen LogP contribution is 2.55. The molecule has 37 heavy (non-hydrogen) atoms. The maximum absolute atomic E-state index is 13.8. The normalized spacial score (nSPS) is 30.2. The number of aliphatic hydroxyl groups is 1. The average molecular weight is 549 g/mol. The number of benzene rings is 1. The van der Waals surface area contributed by atoms with E-state index in [0.29, 0.717) is 31.2 Å². The van der Waals surface area contributed by atoms with Crippen LogP contribution in [0.3, 0.4) is 0 Å². The predicted molar refractivity (Wildman–Crippen MR) is 139 cm³/mol. The van der Waals surface area contributed by atoms with Crippen molar-refractivity contribution in [3.05, 3.63) is 29.5 Å². The van der Waals surface area contributed by atoms with E-state index in [2.05, 4.69) is 28.3 Å². The van der Waals surface area contributed by atoms with Gasteiger partial charge in [0.25, 0.3) is 15.9 Å². The summed E-state index contributed by atoms with van der Waals surface area (Å²) >= 11 is 0. The van der Waals surface area contributed by atoms with Crippen molar-refractivity contribution in [3.63, 3.8) is 0 Å². The van der Waals surface area contributed by atoms with E-state index in [1.165, 1.54) is 18.2 Å². The van der Waals surface area contributed by atoms with Gasteiger partial charge >= 0.3 is 0 Å². The summed E-state index contributed by atoms with van der Waals surface area (Å²) in [7, 11) is -7.84. The van der Waals surface area contributed by atoms with Crippen LogP contribution in [0.15, 0.2) is 38.8 Å². The lowest BCUT2D eigenvalue weighted by molar-refractivity contribution is -0.133. The maximum Gasteiger partial charge on any atom is 0.286 e. The van der Waals surface area contributed by atoms with E-state index < -0.39 is 31.2 Å². The molecule has 1 aromatic rings. The molecule has 6 rings (SSSR count). The highest BCUT2D eigenvalue weighted by molar-refractivity contribution is 7.93. The lowest BCUT2D eigenvalue weighted by Gasteiger charge is -2.44. The second-order valence-corrected chi connectivity index (χ2v) is 14.9. The molecular formula is C25H32N4O6S2. The van der Waals surface area contributed by atoms with E-state index in [1.54, 1.807) is 0 Å². The molecule has 0 spiro atoms. The topological polar surface area (TPSA) is 145 Å². The van der Waals surface area contributed by atoms with Gasteiger partial charge in [-0.3, -0.25) is 9.52 Å². The maximum atomic E-state index is 13.8. The number of aliphatic hydroxyl groups excluding tert-OH is 1. The summed E-state index contributed by atoms with van der Waals surface area (Å²) in [4.78, 5) is 15.4. The summed E-state index contributed by atoms with van der Waals surface area (Å²) in [5, 5.41) is 13.9. The first-order valence-electron chi connectivity index (χ1n) is 13.0. The second-order valence-electron chi connectivity index (χ2n) is 11.4. The van der Waals surface area contributed by atoms with Crippen molar-refractivity contribution in [2.75, 3.05) is 16.6 Å². The van der Waals surface area contributed by atoms with Crippen molar-refractivity contribution in [2.24, 2.45) is 28.1 Å². The molecule has 3 fully saturated rings. The molecule has 1 amide bonds. The smallest absolute Gasteiger partial charge is 0.286 e. The number of fused-ring (bicyclic) bond motifs is 6. The lowest BCUT2D eigenvalue weighted by Crippen LogP contribution is -2.54. The van der Waals surface area contributed by atoms with E-state index >= 15 is 0 Å². The molecule has 2 aliphatic heterocycles. The van der Waals surface area contributed by atoms with Crippen LogP contribution in [-0.2, 0) is 24.8 Å². The van der Waals surface area contributed by atoms with Gasteiger partial charge in [0.2, 0.25) is 10.0 Å². The molecule has 4 atom stereocenters. The zero-order valence-electron chi connectivity index (χ0n) is 20.8. The third-order valence-corrected chi connectivity index (χ3v) is 11.6. The highest BCUT2D eigenvalue weighted by Gasteiger charge is 2.57. The Hall–Kier alpha value is -2.60. The van der Waals surface area contributed by atoms with Gasteiger partial charge in [-0.1, -0.05) is 13.8 Å². The number of nitrogens with one attached hydrogen (secondary N) is 2. The minimum absolute atomic E-state index is 0.0658. The Labute approximate surface area is 217 Å². The SMILES string of the molecule is CC(C)CCN1C(=O)C(C2=NS(=O)(=O)c3cc(NS(=O)(=O)C4CC4)ccc3N2)=C(O)[C@H]2C1[C@@H]1CC[C@H]2C1. The zero-order chi connectivity index (χ0) is 26.3. The summed E-state index contributed by atoms with van der Waals surface area (Å²) in [6, 6.07) is 4.09. The first-order chi connectivity index (χ1) is 17.5. The van der Waals surface area contributed by atoms with Gasteiger partial charge in [0, 0.05) is 24.2 Å². The van der Waals surface area contributed by atoms with Gasteiger partial charge < -0.3 is 15.3 Å². The third kappa shape index (κ3) is 4.12. The molecule has 3 aliphatic carbocycles. The van der Waals surface area contributed by atoms with Gasteiger partial charge in [-0.15, -0.1) is 4.40 Å². The molecular weight excluding hydrogens is 516 g/mol. The lowest BCUT2D eigenvalue weighted by atomic mass is 9.77. The molecule has 1 unspecified atom stereocenters. The highest BCUT2D eigenvalue weighted by atomic mass is 32.2. The van der Waals surface area contributed by atoms with Crippen LogP contribution in [0.2, 0.25) is 0 Å². The molecule has 2 bridgehead atoms. The summed E-state index contributed by atoms with van der Waals surface area (Å²) in [6.07, 6.45) is 4.94. The Morgan fingerprint density at radius 1 is 1.19 bits per heavy atom. The van der Waals surface area contributed by atoms with E-state index in [9.17, 15) is 26.7 Å². The number of amides is 1. The quantitative estimate of drug-likeness (QED) is 0.474. The Morgan fingerprint density at radius 3 is 2.62 bits per heavy atom. The van der Waals surface area contributed by atoms with E-state index in [-0.39, 0.29) is 51.3 Å². The number of rotatable bonds is 7. The molecule has 200 valence electrons. The number of carbonyl (C=O) groups excluding carboxylic acids is 1. The second kappa shape index (κ2) is 8.45. The first-order valence-corrected chi connectivity index (χ1v) is 16.0. The Bertz CT molecular complexity index is 1450. The Balaban J connectivity index is 1.36. The predicted octanol–water partition coefficient (Wildman–Crippen LogP) is 3.22. The van der Waals surface area contributed by atoms with Gasteiger partial charge in [0.15, 0.2) is 5.84 Å². The molecule has 2 heterocycles. The average Bonchev–Trinajstić information content (AvgIpc) is 3.49. The van der Waals surface area contributed by atoms with Crippen LogP contribution >= 0.6 is 0 Å². The van der Waals surface area contributed by atoms with Crippen molar-refractivity contribution < 1.29 is 26.7 Å². The number of anilines is 2. The molecule has 0 aromatic heterocycles. The monoisotopic (exact) mass is 548 g/mol. The van der Waals surface area contributed by atoms with E-state index in [4.69, 9.17) is 0 Å². The van der Waals surface area contributed by atoms with Crippen LogP contribution in [0.4, 0.5) is 11.4 Å². The number of amidine groups is 1. The van der Waals surface area contributed by atoms with Crippen LogP contribution < -0.4 is 10.0 Å². The molecule has 3 saturated carbocycles. The molecule has 1 aromatic carbocycles. The van der Waals surface area contributed by atoms with Gasteiger partial charge in [-0.05, 0) is 74.5 Å². The number of sulfonamides is 2. The van der Waals surface area contributed by atoms with Gasteiger partial charge in [0.1, 0.15) is 16.2 Å². The fourth-order valence-corrected chi connectivity index (χ4v) is 9.00. The van der Waals surface area contributed by atoms with Crippen LogP contribution in [-0.4, -0.2) is 56.4 Å². The molecule has 0 saturated heterocycles. The Morgan fingerprint density at radius 2 is 1.92 bits per heavy atom. The van der Waals surface area contributed by atoms with Crippen molar-refractivity contribution in [1.29, 1.82) is 0 Å². The number of nitrogens with zero attached hydrogens (tertiary/aromatic N) is 2. The van der Waals surface area contributed by atoms with Crippen molar-refractivity contribution in [1.82, 2.24) is 4.90 Å². The minimum atomic E-state index is -4.27. The largest absolute Gasteiger partial charge is 0.511 e.